The maximum Gasteiger partial charge on any atom is 0.166 e. The highest BCUT2D eigenvalue weighted by molar-refractivity contribution is 5.87. The lowest BCUT2D eigenvalue weighted by atomic mass is 9.95. The fourth-order valence-electron chi connectivity index (χ4n) is 2.00. The van der Waals surface area contributed by atoms with Gasteiger partial charge in [0.05, 0.1) is 0 Å². The maximum atomic E-state index is 11.8. The first-order valence-corrected chi connectivity index (χ1v) is 7.35. The molecule has 0 aromatic carbocycles. The topological polar surface area (TPSA) is 95.1 Å². The van der Waals surface area contributed by atoms with Gasteiger partial charge >= 0.3 is 0 Å². The van der Waals surface area contributed by atoms with Gasteiger partial charge in [-0.1, -0.05) is 39.0 Å². The summed E-state index contributed by atoms with van der Waals surface area (Å²) in [6.07, 6.45) is 9.78. The molecule has 0 aromatic heterocycles. The predicted octanol–water partition coefficient (Wildman–Crippen LogP) is 2.05. The van der Waals surface area contributed by atoms with E-state index in [-0.39, 0.29) is 5.78 Å². The highest BCUT2D eigenvalue weighted by Crippen LogP contribution is 2.13. The Morgan fingerprint density at radius 2 is 1.56 bits per heavy atom. The maximum absolute atomic E-state index is 11.8. The third-order valence-corrected chi connectivity index (χ3v) is 3.32. The van der Waals surface area contributed by atoms with Crippen molar-refractivity contribution in [2.24, 2.45) is 17.2 Å². The van der Waals surface area contributed by atoms with E-state index in [1.807, 2.05) is 0 Å². The van der Waals surface area contributed by atoms with Crippen molar-refractivity contribution in [3.8, 4) is 0 Å². The number of hydrogen-bond donors (Lipinski definition) is 3. The summed E-state index contributed by atoms with van der Waals surface area (Å²) < 4.78 is 0. The van der Waals surface area contributed by atoms with E-state index in [1.165, 1.54) is 25.7 Å². The third-order valence-electron chi connectivity index (χ3n) is 3.32. The zero-order valence-corrected chi connectivity index (χ0v) is 11.9. The molecule has 0 atom stereocenters. The molecule has 4 nitrogen and oxygen atoms in total. The molecule has 18 heavy (non-hydrogen) atoms. The number of nitrogens with two attached hydrogens (primary N) is 3. The molecule has 4 heteroatoms. The Labute approximate surface area is 112 Å². The van der Waals surface area contributed by atoms with Gasteiger partial charge in [-0.15, -0.1) is 0 Å². The first kappa shape index (κ1) is 17.6. The summed E-state index contributed by atoms with van der Waals surface area (Å²) in [7, 11) is 0. The molecule has 0 unspecified atom stereocenters. The molecular weight excluding hydrogens is 226 g/mol. The van der Waals surface area contributed by atoms with E-state index in [1.54, 1.807) is 0 Å². The van der Waals surface area contributed by atoms with Crippen molar-refractivity contribution in [3.05, 3.63) is 0 Å². The van der Waals surface area contributed by atoms with Gasteiger partial charge in [0.2, 0.25) is 0 Å². The molecule has 0 bridgehead atoms. The van der Waals surface area contributed by atoms with Gasteiger partial charge in [0.15, 0.2) is 5.78 Å². The Morgan fingerprint density at radius 3 is 2.17 bits per heavy atom. The van der Waals surface area contributed by atoms with Gasteiger partial charge in [-0.25, -0.2) is 0 Å². The van der Waals surface area contributed by atoms with Crippen LogP contribution < -0.4 is 17.2 Å². The minimum Gasteiger partial charge on any atom is -0.330 e. The number of unbranched alkanes of at least 4 members (excludes halogenated alkanes) is 6. The zero-order chi connectivity index (χ0) is 13.9. The van der Waals surface area contributed by atoms with Gasteiger partial charge in [-0.2, -0.15) is 0 Å². The second-order valence-electron chi connectivity index (χ2n) is 5.23. The van der Waals surface area contributed by atoms with Gasteiger partial charge < -0.3 is 17.2 Å². The second kappa shape index (κ2) is 10.5. The Hall–Kier alpha value is -0.450. The number of Topliss-reactive ketones (excluding diaryl/α,β-unsaturated/α-hetero) is 1. The van der Waals surface area contributed by atoms with Crippen molar-refractivity contribution < 1.29 is 4.79 Å². The summed E-state index contributed by atoms with van der Waals surface area (Å²) in [5.74, 6) is -0.0236. The minimum atomic E-state index is -1.13. The molecule has 0 aromatic rings. The van der Waals surface area contributed by atoms with Crippen LogP contribution in [0.3, 0.4) is 0 Å². The molecular formula is C14H31N3O. The molecule has 0 aliphatic heterocycles. The predicted molar refractivity (Wildman–Crippen MR) is 77.0 cm³/mol. The lowest BCUT2D eigenvalue weighted by Gasteiger charge is -2.22. The summed E-state index contributed by atoms with van der Waals surface area (Å²) >= 11 is 0. The van der Waals surface area contributed by atoms with E-state index < -0.39 is 5.66 Å². The van der Waals surface area contributed by atoms with Crippen molar-refractivity contribution in [2.75, 3.05) is 6.54 Å². The molecule has 0 saturated heterocycles. The molecule has 0 aliphatic carbocycles. The fourth-order valence-corrected chi connectivity index (χ4v) is 2.00. The Morgan fingerprint density at radius 1 is 0.944 bits per heavy atom. The van der Waals surface area contributed by atoms with Crippen LogP contribution in [-0.4, -0.2) is 18.0 Å². The van der Waals surface area contributed by atoms with Crippen LogP contribution in [0.25, 0.3) is 0 Å². The summed E-state index contributed by atoms with van der Waals surface area (Å²) in [6.45, 7) is 2.82. The summed E-state index contributed by atoms with van der Waals surface area (Å²) in [5.41, 5.74) is 16.0. The molecule has 0 saturated carbocycles. The van der Waals surface area contributed by atoms with Crippen molar-refractivity contribution in [3.63, 3.8) is 0 Å². The first-order chi connectivity index (χ1) is 8.54. The van der Waals surface area contributed by atoms with Gasteiger partial charge in [-0.05, 0) is 32.2 Å². The zero-order valence-electron chi connectivity index (χ0n) is 11.9. The van der Waals surface area contributed by atoms with Crippen LogP contribution in [0.2, 0.25) is 0 Å². The largest absolute Gasteiger partial charge is 0.330 e. The molecule has 0 aliphatic rings. The molecule has 6 N–H and O–H groups in total. The number of rotatable bonds is 12. The van der Waals surface area contributed by atoms with Crippen LogP contribution in [0.4, 0.5) is 0 Å². The monoisotopic (exact) mass is 257 g/mol. The lowest BCUT2D eigenvalue weighted by molar-refractivity contribution is -0.124. The van der Waals surface area contributed by atoms with Crippen LogP contribution >= 0.6 is 0 Å². The lowest BCUT2D eigenvalue weighted by Crippen LogP contribution is -2.56. The van der Waals surface area contributed by atoms with Crippen molar-refractivity contribution in [2.45, 2.75) is 76.8 Å². The minimum absolute atomic E-state index is 0.0236. The quantitative estimate of drug-likeness (QED) is 0.368. The van der Waals surface area contributed by atoms with Crippen molar-refractivity contribution >= 4 is 5.78 Å². The SMILES string of the molecule is CCCCCCCCC(N)(N)C(=O)CCCCN. The van der Waals surface area contributed by atoms with E-state index >= 15 is 0 Å². The van der Waals surface area contributed by atoms with Gasteiger partial charge in [-0.3, -0.25) is 4.79 Å². The second-order valence-corrected chi connectivity index (χ2v) is 5.23. The average molecular weight is 257 g/mol. The molecule has 0 amide bonds. The van der Waals surface area contributed by atoms with E-state index in [0.717, 1.165) is 25.7 Å². The molecule has 0 fully saturated rings. The van der Waals surface area contributed by atoms with E-state index in [4.69, 9.17) is 17.2 Å². The van der Waals surface area contributed by atoms with Gasteiger partial charge in [0.1, 0.15) is 5.66 Å². The normalized spacial score (nSPS) is 11.8. The van der Waals surface area contributed by atoms with Crippen molar-refractivity contribution in [1.29, 1.82) is 0 Å². The molecule has 0 radical (unpaired) electrons. The standard InChI is InChI=1S/C14H31N3O/c1-2-3-4-5-6-8-11-14(16,17)13(18)10-7-9-12-15/h2-12,15-17H2,1H3. The van der Waals surface area contributed by atoms with Crippen LogP contribution in [-0.2, 0) is 4.79 Å². The fraction of sp³-hybridized carbons (Fsp3) is 0.929. The number of ketones is 1. The molecule has 0 heterocycles. The molecule has 0 spiro atoms. The van der Waals surface area contributed by atoms with Crippen molar-refractivity contribution in [1.82, 2.24) is 0 Å². The first-order valence-electron chi connectivity index (χ1n) is 7.35. The highest BCUT2D eigenvalue weighted by Gasteiger charge is 2.27. The van der Waals surface area contributed by atoms with Crippen LogP contribution in [0.15, 0.2) is 0 Å². The number of carbonyl (C=O) groups excluding carboxylic acids is 1. The third kappa shape index (κ3) is 8.61. The van der Waals surface area contributed by atoms with Gasteiger partial charge in [0, 0.05) is 6.42 Å². The summed E-state index contributed by atoms with van der Waals surface area (Å²) in [5, 5.41) is 0. The molecule has 0 rings (SSSR count). The number of carbonyl (C=O) groups is 1. The average Bonchev–Trinajstić information content (AvgIpc) is 2.33. The summed E-state index contributed by atoms with van der Waals surface area (Å²) in [6, 6.07) is 0. The van der Waals surface area contributed by atoms with E-state index in [9.17, 15) is 4.79 Å². The van der Waals surface area contributed by atoms with E-state index in [0.29, 0.717) is 19.4 Å². The summed E-state index contributed by atoms with van der Waals surface area (Å²) in [4.78, 5) is 11.8. The van der Waals surface area contributed by atoms with E-state index in [2.05, 4.69) is 6.92 Å². The Bertz CT molecular complexity index is 217. The van der Waals surface area contributed by atoms with Gasteiger partial charge in [0.25, 0.3) is 0 Å². The van der Waals surface area contributed by atoms with Crippen LogP contribution in [0.1, 0.15) is 71.1 Å². The highest BCUT2D eigenvalue weighted by atomic mass is 16.1. The van der Waals surface area contributed by atoms with Crippen LogP contribution in [0, 0.1) is 0 Å². The Kier molecular flexibility index (Phi) is 10.2. The number of hydrogen-bond acceptors (Lipinski definition) is 4. The molecule has 108 valence electrons. The van der Waals surface area contributed by atoms with Crippen LogP contribution in [0.5, 0.6) is 0 Å². The smallest absolute Gasteiger partial charge is 0.166 e. The Balaban J connectivity index is 3.67.